The van der Waals surface area contributed by atoms with Crippen molar-refractivity contribution in [3.8, 4) is 16.2 Å². The van der Waals surface area contributed by atoms with Gasteiger partial charge in [-0.05, 0) is 68.1 Å². The number of hydrogen-bond donors (Lipinski definition) is 2. The molecule has 0 bridgehead atoms. The van der Waals surface area contributed by atoms with E-state index in [2.05, 4.69) is 49.5 Å². The second kappa shape index (κ2) is 8.05. The number of rotatable bonds is 7. The lowest BCUT2D eigenvalue weighted by molar-refractivity contribution is 0.100. The van der Waals surface area contributed by atoms with Crippen molar-refractivity contribution in [3.05, 3.63) is 30.0 Å². The quantitative estimate of drug-likeness (QED) is 0.801. The number of aliphatic hydroxyl groups is 1. The third kappa shape index (κ3) is 5.54. The first-order valence-corrected chi connectivity index (χ1v) is 9.02. The molecule has 2 N–H and O–H groups in total. The number of β-amino-alcohol motifs (C(OH)–C–C–N with tert-alkyl or cyclic N) is 1. The van der Waals surface area contributed by atoms with Gasteiger partial charge in [0.25, 0.3) is 0 Å². The highest BCUT2D eigenvalue weighted by Crippen LogP contribution is 2.31. The highest BCUT2D eigenvalue weighted by atomic mass is 32.1. The van der Waals surface area contributed by atoms with Gasteiger partial charge in [0.2, 0.25) is 0 Å². The van der Waals surface area contributed by atoms with Crippen molar-refractivity contribution in [1.29, 1.82) is 0 Å². The largest absolute Gasteiger partial charge is 0.491 e. The van der Waals surface area contributed by atoms with E-state index in [-0.39, 0.29) is 12.1 Å². The first-order chi connectivity index (χ1) is 11.3. The molecule has 2 rings (SSSR count). The molecule has 0 fully saturated rings. The van der Waals surface area contributed by atoms with Crippen LogP contribution in [0.5, 0.6) is 5.75 Å². The van der Waals surface area contributed by atoms with Crippen molar-refractivity contribution in [2.24, 2.45) is 0 Å². The molecule has 24 heavy (non-hydrogen) atoms. The van der Waals surface area contributed by atoms with Crippen LogP contribution in [-0.2, 0) is 0 Å². The van der Waals surface area contributed by atoms with Crippen LogP contribution in [0.4, 0.5) is 0 Å². The fraction of sp³-hybridized carbons (Fsp3) is 0.556. The second-order valence-corrected chi connectivity index (χ2v) is 8.02. The standard InChI is InChI=1S/C18H27N3O2S/c1-12(2)16-17(24-21-20-16)13-6-8-15(9-7-13)23-11-14(22)10-19-18(3,4)5/h6-9,12,14,19,22H,10-11H2,1-5H3. The number of hydrogen-bond acceptors (Lipinski definition) is 6. The van der Waals surface area contributed by atoms with Crippen LogP contribution in [0.1, 0.15) is 46.2 Å². The number of aliphatic hydroxyl groups excluding tert-OH is 1. The maximum Gasteiger partial charge on any atom is 0.119 e. The Bertz CT molecular complexity index is 632. The second-order valence-electron chi connectivity index (χ2n) is 7.26. The molecule has 0 saturated heterocycles. The minimum Gasteiger partial charge on any atom is -0.491 e. The van der Waals surface area contributed by atoms with E-state index in [0.29, 0.717) is 12.5 Å². The predicted molar refractivity (Wildman–Crippen MR) is 98.7 cm³/mol. The number of benzene rings is 1. The van der Waals surface area contributed by atoms with Crippen molar-refractivity contribution < 1.29 is 9.84 Å². The van der Waals surface area contributed by atoms with Gasteiger partial charge in [0.1, 0.15) is 18.5 Å². The van der Waals surface area contributed by atoms with E-state index < -0.39 is 6.10 Å². The summed E-state index contributed by atoms with van der Waals surface area (Å²) in [6.45, 7) is 11.2. The molecule has 6 heteroatoms. The van der Waals surface area contributed by atoms with Crippen LogP contribution >= 0.6 is 11.5 Å². The van der Waals surface area contributed by atoms with Crippen molar-refractivity contribution in [3.63, 3.8) is 0 Å². The fourth-order valence-electron chi connectivity index (χ4n) is 2.15. The summed E-state index contributed by atoms with van der Waals surface area (Å²) < 4.78 is 9.73. The van der Waals surface area contributed by atoms with E-state index in [1.165, 1.54) is 11.5 Å². The predicted octanol–water partition coefficient (Wildman–Crippen LogP) is 3.46. The van der Waals surface area contributed by atoms with E-state index in [1.807, 2.05) is 24.3 Å². The van der Waals surface area contributed by atoms with Crippen LogP contribution in [-0.4, -0.2) is 39.5 Å². The van der Waals surface area contributed by atoms with Crippen LogP contribution in [0.3, 0.4) is 0 Å². The maximum atomic E-state index is 9.97. The van der Waals surface area contributed by atoms with Crippen LogP contribution in [0.25, 0.3) is 10.4 Å². The zero-order valence-corrected chi connectivity index (χ0v) is 15.9. The van der Waals surface area contributed by atoms with Gasteiger partial charge in [-0.15, -0.1) is 5.10 Å². The van der Waals surface area contributed by atoms with Crippen molar-refractivity contribution in [2.45, 2.75) is 52.2 Å². The summed E-state index contributed by atoms with van der Waals surface area (Å²) in [4.78, 5) is 1.10. The Morgan fingerprint density at radius 1 is 1.21 bits per heavy atom. The van der Waals surface area contributed by atoms with Crippen molar-refractivity contribution >= 4 is 11.5 Å². The van der Waals surface area contributed by atoms with Crippen molar-refractivity contribution in [1.82, 2.24) is 14.9 Å². The minimum absolute atomic E-state index is 0.0144. The van der Waals surface area contributed by atoms with Crippen LogP contribution in [0, 0.1) is 0 Å². The molecule has 1 atom stereocenters. The Hall–Kier alpha value is -1.50. The summed E-state index contributed by atoms with van der Waals surface area (Å²) in [5.74, 6) is 1.09. The molecule has 1 aromatic carbocycles. The van der Waals surface area contributed by atoms with E-state index in [9.17, 15) is 5.11 Å². The average molecular weight is 350 g/mol. The smallest absolute Gasteiger partial charge is 0.119 e. The molecule has 1 unspecified atom stereocenters. The Balaban J connectivity index is 1.92. The molecule has 0 radical (unpaired) electrons. The Morgan fingerprint density at radius 2 is 1.88 bits per heavy atom. The highest BCUT2D eigenvalue weighted by molar-refractivity contribution is 7.09. The first-order valence-electron chi connectivity index (χ1n) is 8.25. The number of ether oxygens (including phenoxy) is 1. The topological polar surface area (TPSA) is 67.3 Å². The van der Waals surface area contributed by atoms with Gasteiger partial charge in [-0.3, -0.25) is 0 Å². The van der Waals surface area contributed by atoms with Gasteiger partial charge in [-0.1, -0.05) is 18.3 Å². The monoisotopic (exact) mass is 349 g/mol. The van der Waals surface area contributed by atoms with Gasteiger partial charge in [0, 0.05) is 12.1 Å². The third-order valence-electron chi connectivity index (χ3n) is 3.49. The SMILES string of the molecule is CC(C)c1nnsc1-c1ccc(OCC(O)CNC(C)(C)C)cc1. The summed E-state index contributed by atoms with van der Waals surface area (Å²) in [6.07, 6.45) is -0.540. The molecule has 132 valence electrons. The molecule has 0 saturated carbocycles. The van der Waals surface area contributed by atoms with Gasteiger partial charge in [0.15, 0.2) is 0 Å². The van der Waals surface area contributed by atoms with Gasteiger partial charge in [-0.2, -0.15) is 0 Å². The Kier molecular flexibility index (Phi) is 6.32. The lowest BCUT2D eigenvalue weighted by atomic mass is 10.1. The van der Waals surface area contributed by atoms with Crippen LogP contribution < -0.4 is 10.1 Å². The summed E-state index contributed by atoms with van der Waals surface area (Å²) >= 11 is 1.41. The Labute approximate surface area is 148 Å². The molecule has 0 aliphatic rings. The summed E-state index contributed by atoms with van der Waals surface area (Å²) in [6, 6.07) is 7.86. The molecule has 0 aliphatic heterocycles. The van der Waals surface area contributed by atoms with E-state index >= 15 is 0 Å². The molecule has 2 aromatic rings. The lowest BCUT2D eigenvalue weighted by Gasteiger charge is -2.23. The summed E-state index contributed by atoms with van der Waals surface area (Å²) in [7, 11) is 0. The Morgan fingerprint density at radius 3 is 2.46 bits per heavy atom. The van der Waals surface area contributed by atoms with Gasteiger partial charge < -0.3 is 15.2 Å². The normalized spacial score (nSPS) is 13.3. The molecule has 1 heterocycles. The van der Waals surface area contributed by atoms with Crippen molar-refractivity contribution in [2.75, 3.05) is 13.2 Å². The first kappa shape index (κ1) is 18.8. The zero-order chi connectivity index (χ0) is 17.7. The molecule has 0 spiro atoms. The van der Waals surface area contributed by atoms with E-state index in [4.69, 9.17) is 4.74 Å². The number of nitrogens with zero attached hydrogens (tertiary/aromatic N) is 2. The highest BCUT2D eigenvalue weighted by Gasteiger charge is 2.14. The third-order valence-corrected chi connectivity index (χ3v) is 4.28. The summed E-state index contributed by atoms with van der Waals surface area (Å²) in [5, 5.41) is 17.4. The molecule has 0 aliphatic carbocycles. The molecular weight excluding hydrogens is 322 g/mol. The fourth-order valence-corrected chi connectivity index (χ4v) is 2.98. The molecular formula is C18H27N3O2S. The van der Waals surface area contributed by atoms with Gasteiger partial charge in [-0.25, -0.2) is 0 Å². The van der Waals surface area contributed by atoms with Crippen LogP contribution in [0.2, 0.25) is 0 Å². The maximum absolute atomic E-state index is 9.97. The average Bonchev–Trinajstić information content (AvgIpc) is 3.00. The molecule has 0 amide bonds. The minimum atomic E-state index is -0.540. The zero-order valence-electron chi connectivity index (χ0n) is 15.0. The number of aromatic nitrogens is 2. The molecule has 5 nitrogen and oxygen atoms in total. The van der Waals surface area contributed by atoms with Gasteiger partial charge >= 0.3 is 0 Å². The van der Waals surface area contributed by atoms with E-state index in [0.717, 1.165) is 21.9 Å². The van der Waals surface area contributed by atoms with Crippen LogP contribution in [0.15, 0.2) is 24.3 Å². The van der Waals surface area contributed by atoms with Gasteiger partial charge in [0.05, 0.1) is 10.6 Å². The summed E-state index contributed by atoms with van der Waals surface area (Å²) in [5.41, 5.74) is 2.10. The van der Waals surface area contributed by atoms with E-state index in [1.54, 1.807) is 0 Å². The molecule has 1 aromatic heterocycles. The lowest BCUT2D eigenvalue weighted by Crippen LogP contribution is -2.42. The number of nitrogens with one attached hydrogen (secondary N) is 1.